The molecule has 0 saturated carbocycles. The van der Waals surface area contributed by atoms with E-state index in [1.54, 1.807) is 20.8 Å². The molecule has 1 atom stereocenters. The number of carbonyl (C=O) groups is 1. The molecule has 82 valence electrons. The molecule has 14 heavy (non-hydrogen) atoms. The molecule has 0 bridgehead atoms. The van der Waals surface area contributed by atoms with Gasteiger partial charge in [-0.1, -0.05) is 5.16 Å². The summed E-state index contributed by atoms with van der Waals surface area (Å²) < 4.78 is 0. The Morgan fingerprint density at radius 2 is 2.07 bits per heavy atom. The summed E-state index contributed by atoms with van der Waals surface area (Å²) in [5, 5.41) is 14.2. The molecular weight excluding hydrogens is 184 g/mol. The number of primary amides is 1. The molecule has 6 N–H and O–H groups in total. The number of rotatable bonds is 5. The molecule has 0 aromatic heterocycles. The largest absolute Gasteiger partial charge is 0.409 e. The van der Waals surface area contributed by atoms with Crippen LogP contribution in [0.3, 0.4) is 0 Å². The first kappa shape index (κ1) is 12.7. The normalized spacial score (nSPS) is 15.2. The number of nitrogens with one attached hydrogen (secondary N) is 1. The molecule has 6 nitrogen and oxygen atoms in total. The smallest absolute Gasteiger partial charge is 0.224 e. The minimum absolute atomic E-state index is 0.0743. The van der Waals surface area contributed by atoms with Crippen LogP contribution in [0, 0.1) is 5.41 Å². The maximum atomic E-state index is 10.9. The fraction of sp³-hybridized carbons (Fsp3) is 0.750. The summed E-state index contributed by atoms with van der Waals surface area (Å²) in [7, 11) is 0. The van der Waals surface area contributed by atoms with Crippen LogP contribution < -0.4 is 16.8 Å². The fourth-order valence-corrected chi connectivity index (χ4v) is 0.687. The minimum atomic E-state index is -0.649. The molecule has 0 heterocycles. The van der Waals surface area contributed by atoms with Crippen LogP contribution in [0.15, 0.2) is 5.16 Å². The zero-order valence-corrected chi connectivity index (χ0v) is 8.74. The first-order valence-corrected chi connectivity index (χ1v) is 4.32. The van der Waals surface area contributed by atoms with Crippen molar-refractivity contribution in [2.24, 2.45) is 22.0 Å². The number of hydrogen-bond acceptors (Lipinski definition) is 4. The Labute approximate surface area is 83.3 Å². The van der Waals surface area contributed by atoms with E-state index in [4.69, 9.17) is 16.7 Å². The molecule has 0 saturated heterocycles. The molecule has 0 rings (SSSR count). The van der Waals surface area contributed by atoms with E-state index in [1.807, 2.05) is 0 Å². The van der Waals surface area contributed by atoms with E-state index in [1.165, 1.54) is 0 Å². The van der Waals surface area contributed by atoms with Gasteiger partial charge in [-0.15, -0.1) is 0 Å². The third-order valence-corrected chi connectivity index (χ3v) is 2.08. The minimum Gasteiger partial charge on any atom is -0.409 e. The Morgan fingerprint density at radius 3 is 2.43 bits per heavy atom. The monoisotopic (exact) mass is 202 g/mol. The molecule has 6 heteroatoms. The standard InChI is InChI=1S/C8H18N4O2/c1-5(6(9)12-14)11-4-8(2,3)7(10)13/h5,11,14H,4H2,1-3H3,(H2,9,12)(H2,10,13). The van der Waals surface area contributed by atoms with Crippen molar-refractivity contribution in [2.45, 2.75) is 26.8 Å². The average Bonchev–Trinajstić information content (AvgIpc) is 2.12. The summed E-state index contributed by atoms with van der Waals surface area (Å²) in [6.45, 7) is 5.55. The van der Waals surface area contributed by atoms with Crippen LogP contribution in [0.4, 0.5) is 0 Å². The number of amides is 1. The van der Waals surface area contributed by atoms with Crippen LogP contribution in [-0.4, -0.2) is 29.5 Å². The zero-order chi connectivity index (χ0) is 11.4. The third-order valence-electron chi connectivity index (χ3n) is 2.08. The van der Waals surface area contributed by atoms with E-state index in [9.17, 15) is 4.79 Å². The van der Waals surface area contributed by atoms with E-state index >= 15 is 0 Å². The highest BCUT2D eigenvalue weighted by Gasteiger charge is 2.25. The molecule has 1 amide bonds. The van der Waals surface area contributed by atoms with Gasteiger partial charge in [0.15, 0.2) is 5.84 Å². The van der Waals surface area contributed by atoms with Crippen molar-refractivity contribution >= 4 is 11.7 Å². The van der Waals surface area contributed by atoms with Crippen molar-refractivity contribution in [3.8, 4) is 0 Å². The maximum absolute atomic E-state index is 10.9. The van der Waals surface area contributed by atoms with Gasteiger partial charge in [0.05, 0.1) is 11.5 Å². The quantitative estimate of drug-likeness (QED) is 0.203. The molecule has 0 aliphatic rings. The van der Waals surface area contributed by atoms with Gasteiger partial charge in [0.1, 0.15) is 0 Å². The lowest BCUT2D eigenvalue weighted by Gasteiger charge is -2.23. The van der Waals surface area contributed by atoms with Gasteiger partial charge in [0.25, 0.3) is 0 Å². The lowest BCUT2D eigenvalue weighted by atomic mass is 9.92. The SMILES string of the molecule is CC(NCC(C)(C)C(N)=O)C(N)=NO. The second-order valence-electron chi connectivity index (χ2n) is 3.88. The van der Waals surface area contributed by atoms with Crippen LogP contribution in [0.5, 0.6) is 0 Å². The number of oxime groups is 1. The van der Waals surface area contributed by atoms with Crippen LogP contribution in [0.1, 0.15) is 20.8 Å². The van der Waals surface area contributed by atoms with Gasteiger partial charge < -0.3 is 22.0 Å². The predicted molar refractivity (Wildman–Crippen MR) is 53.8 cm³/mol. The van der Waals surface area contributed by atoms with Crippen molar-refractivity contribution in [2.75, 3.05) is 6.54 Å². The summed E-state index contributed by atoms with van der Waals surface area (Å²) in [5.74, 6) is -0.318. The van der Waals surface area contributed by atoms with Crippen LogP contribution in [0.25, 0.3) is 0 Å². The van der Waals surface area contributed by atoms with Gasteiger partial charge in [0.2, 0.25) is 5.91 Å². The zero-order valence-electron chi connectivity index (χ0n) is 8.74. The summed E-state index contributed by atoms with van der Waals surface area (Å²) >= 11 is 0. The lowest BCUT2D eigenvalue weighted by Crippen LogP contribution is -2.47. The highest BCUT2D eigenvalue weighted by Crippen LogP contribution is 2.11. The van der Waals surface area contributed by atoms with Gasteiger partial charge in [-0.2, -0.15) is 0 Å². The number of amidine groups is 1. The van der Waals surface area contributed by atoms with Crippen LogP contribution in [0.2, 0.25) is 0 Å². The van der Waals surface area contributed by atoms with E-state index in [-0.39, 0.29) is 11.9 Å². The molecular formula is C8H18N4O2. The van der Waals surface area contributed by atoms with Crippen molar-refractivity contribution < 1.29 is 10.0 Å². The maximum Gasteiger partial charge on any atom is 0.224 e. The molecule has 1 unspecified atom stereocenters. The number of nitrogens with two attached hydrogens (primary N) is 2. The van der Waals surface area contributed by atoms with Crippen molar-refractivity contribution in [3.05, 3.63) is 0 Å². The molecule has 0 spiro atoms. The second-order valence-corrected chi connectivity index (χ2v) is 3.88. The van der Waals surface area contributed by atoms with E-state index < -0.39 is 11.3 Å². The molecule has 0 aliphatic carbocycles. The molecule has 0 aliphatic heterocycles. The fourth-order valence-electron chi connectivity index (χ4n) is 0.687. The molecule has 0 radical (unpaired) electrons. The second kappa shape index (κ2) is 4.80. The Kier molecular flexibility index (Phi) is 4.36. The highest BCUT2D eigenvalue weighted by molar-refractivity contribution is 5.85. The summed E-state index contributed by atoms with van der Waals surface area (Å²) in [4.78, 5) is 10.9. The average molecular weight is 202 g/mol. The lowest BCUT2D eigenvalue weighted by molar-refractivity contribution is -0.125. The summed E-state index contributed by atoms with van der Waals surface area (Å²) in [6.07, 6.45) is 0. The molecule has 0 aromatic carbocycles. The number of hydrogen-bond donors (Lipinski definition) is 4. The van der Waals surface area contributed by atoms with E-state index in [0.29, 0.717) is 6.54 Å². The van der Waals surface area contributed by atoms with Crippen LogP contribution in [-0.2, 0) is 4.79 Å². The highest BCUT2D eigenvalue weighted by atomic mass is 16.4. The van der Waals surface area contributed by atoms with Crippen LogP contribution >= 0.6 is 0 Å². The first-order valence-electron chi connectivity index (χ1n) is 4.32. The van der Waals surface area contributed by atoms with Gasteiger partial charge in [0, 0.05) is 6.54 Å². The summed E-state index contributed by atoms with van der Waals surface area (Å²) in [5.41, 5.74) is 9.87. The number of carbonyl (C=O) groups excluding carboxylic acids is 1. The summed E-state index contributed by atoms with van der Waals surface area (Å²) in [6, 6.07) is -0.293. The van der Waals surface area contributed by atoms with Crippen molar-refractivity contribution in [1.82, 2.24) is 5.32 Å². The van der Waals surface area contributed by atoms with E-state index in [2.05, 4.69) is 10.5 Å². The Hall–Kier alpha value is -1.30. The first-order chi connectivity index (χ1) is 6.31. The molecule has 0 fully saturated rings. The third kappa shape index (κ3) is 3.61. The van der Waals surface area contributed by atoms with Gasteiger partial charge in [-0.3, -0.25) is 4.79 Å². The van der Waals surface area contributed by atoms with Crippen molar-refractivity contribution in [1.29, 1.82) is 0 Å². The van der Waals surface area contributed by atoms with Gasteiger partial charge in [-0.05, 0) is 20.8 Å². The predicted octanol–water partition coefficient (Wildman–Crippen LogP) is -0.778. The molecule has 0 aromatic rings. The van der Waals surface area contributed by atoms with Crippen molar-refractivity contribution in [3.63, 3.8) is 0 Å². The van der Waals surface area contributed by atoms with E-state index in [0.717, 1.165) is 0 Å². The Bertz CT molecular complexity index is 237. The Balaban J connectivity index is 4.13. The number of nitrogens with zero attached hydrogens (tertiary/aromatic N) is 1. The topological polar surface area (TPSA) is 114 Å². The Morgan fingerprint density at radius 1 is 1.57 bits per heavy atom. The van der Waals surface area contributed by atoms with Gasteiger partial charge >= 0.3 is 0 Å². The van der Waals surface area contributed by atoms with Gasteiger partial charge in [-0.25, -0.2) is 0 Å².